The minimum Gasteiger partial charge on any atom is -0.491 e. The zero-order valence-electron chi connectivity index (χ0n) is 11.0. The zero-order chi connectivity index (χ0) is 12.8. The van der Waals surface area contributed by atoms with E-state index in [9.17, 15) is 0 Å². The minimum atomic E-state index is 0.280. The topological polar surface area (TPSA) is 39.7 Å². The van der Waals surface area contributed by atoms with Gasteiger partial charge in [-0.25, -0.2) is 0 Å². The molecule has 0 bridgehead atoms. The van der Waals surface area contributed by atoms with Crippen molar-refractivity contribution >= 4 is 5.69 Å². The molecule has 18 heavy (non-hydrogen) atoms. The monoisotopic (exact) mass is 251 g/mol. The molecule has 100 valence electrons. The number of benzene rings is 1. The van der Waals surface area contributed by atoms with Gasteiger partial charge in [0.1, 0.15) is 12.4 Å². The van der Waals surface area contributed by atoms with Crippen LogP contribution in [0.15, 0.2) is 24.3 Å². The van der Waals surface area contributed by atoms with E-state index in [0.717, 1.165) is 24.5 Å². The third kappa shape index (κ3) is 3.62. The Morgan fingerprint density at radius 1 is 1.28 bits per heavy atom. The largest absolute Gasteiger partial charge is 0.491 e. The van der Waals surface area contributed by atoms with Crippen LogP contribution in [-0.2, 0) is 9.47 Å². The van der Waals surface area contributed by atoms with Crippen LogP contribution in [0.5, 0.6) is 5.75 Å². The summed E-state index contributed by atoms with van der Waals surface area (Å²) < 4.78 is 16.0. The maximum atomic E-state index is 5.53. The molecule has 1 aromatic rings. The van der Waals surface area contributed by atoms with E-state index in [1.807, 2.05) is 24.3 Å². The number of anilines is 1. The third-order valence-corrected chi connectivity index (χ3v) is 3.14. The average Bonchev–Trinajstić information content (AvgIpc) is 2.78. The van der Waals surface area contributed by atoms with Gasteiger partial charge in [-0.15, -0.1) is 0 Å². The molecule has 1 aliphatic rings. The van der Waals surface area contributed by atoms with E-state index in [-0.39, 0.29) is 6.10 Å². The molecule has 0 aliphatic carbocycles. The molecule has 0 aromatic heterocycles. The molecular weight excluding hydrogens is 230 g/mol. The lowest BCUT2D eigenvalue weighted by molar-refractivity contribution is 0.121. The van der Waals surface area contributed by atoms with Gasteiger partial charge in [-0.3, -0.25) is 0 Å². The van der Waals surface area contributed by atoms with Gasteiger partial charge in [0.25, 0.3) is 0 Å². The SMILES string of the molecule is COCCOc1ccc(NC2CCOC2C)cc1. The number of hydrogen-bond donors (Lipinski definition) is 1. The van der Waals surface area contributed by atoms with Gasteiger partial charge >= 0.3 is 0 Å². The van der Waals surface area contributed by atoms with Crippen molar-refractivity contribution in [2.45, 2.75) is 25.5 Å². The molecule has 1 aromatic carbocycles. The van der Waals surface area contributed by atoms with Crippen molar-refractivity contribution in [2.75, 3.05) is 32.2 Å². The standard InChI is InChI=1S/C14H21NO3/c1-11-14(7-8-17-11)15-12-3-5-13(6-4-12)18-10-9-16-2/h3-6,11,14-15H,7-10H2,1-2H3. The number of nitrogens with one attached hydrogen (secondary N) is 1. The van der Waals surface area contributed by atoms with Crippen LogP contribution in [-0.4, -0.2) is 39.1 Å². The van der Waals surface area contributed by atoms with Crippen LogP contribution in [0.3, 0.4) is 0 Å². The lowest BCUT2D eigenvalue weighted by Gasteiger charge is -2.17. The van der Waals surface area contributed by atoms with E-state index >= 15 is 0 Å². The van der Waals surface area contributed by atoms with Gasteiger partial charge in [0.05, 0.1) is 18.8 Å². The van der Waals surface area contributed by atoms with Gasteiger partial charge in [-0.1, -0.05) is 0 Å². The molecule has 2 unspecified atom stereocenters. The number of hydrogen-bond acceptors (Lipinski definition) is 4. The molecule has 1 heterocycles. The van der Waals surface area contributed by atoms with E-state index in [2.05, 4.69) is 12.2 Å². The number of methoxy groups -OCH3 is 1. The quantitative estimate of drug-likeness (QED) is 0.788. The molecule has 0 radical (unpaired) electrons. The second-order valence-corrected chi connectivity index (χ2v) is 4.48. The Morgan fingerprint density at radius 3 is 2.67 bits per heavy atom. The second kappa shape index (κ2) is 6.61. The molecule has 0 saturated carbocycles. The highest BCUT2D eigenvalue weighted by atomic mass is 16.5. The first-order chi connectivity index (χ1) is 8.79. The Balaban J connectivity index is 1.83. The smallest absolute Gasteiger partial charge is 0.119 e. The summed E-state index contributed by atoms with van der Waals surface area (Å²) in [5.41, 5.74) is 1.11. The van der Waals surface area contributed by atoms with Gasteiger partial charge in [0, 0.05) is 19.4 Å². The lowest BCUT2D eigenvalue weighted by atomic mass is 10.1. The van der Waals surface area contributed by atoms with Crippen LogP contribution in [0, 0.1) is 0 Å². The first kappa shape index (κ1) is 13.2. The first-order valence-electron chi connectivity index (χ1n) is 6.39. The summed E-state index contributed by atoms with van der Waals surface area (Å²) in [6, 6.07) is 8.42. The summed E-state index contributed by atoms with van der Waals surface area (Å²) in [6.45, 7) is 4.14. The molecule has 1 N–H and O–H groups in total. The van der Waals surface area contributed by atoms with Crippen molar-refractivity contribution in [1.29, 1.82) is 0 Å². The van der Waals surface area contributed by atoms with E-state index in [0.29, 0.717) is 19.3 Å². The summed E-state index contributed by atoms with van der Waals surface area (Å²) in [4.78, 5) is 0. The fraction of sp³-hybridized carbons (Fsp3) is 0.571. The van der Waals surface area contributed by atoms with Crippen LogP contribution < -0.4 is 10.1 Å². The van der Waals surface area contributed by atoms with E-state index in [1.54, 1.807) is 7.11 Å². The predicted molar refractivity (Wildman–Crippen MR) is 71.3 cm³/mol. The average molecular weight is 251 g/mol. The molecule has 0 spiro atoms. The van der Waals surface area contributed by atoms with Crippen LogP contribution in [0.1, 0.15) is 13.3 Å². The zero-order valence-corrected chi connectivity index (χ0v) is 11.0. The molecule has 4 heteroatoms. The summed E-state index contributed by atoms with van der Waals surface area (Å²) in [7, 11) is 1.67. The van der Waals surface area contributed by atoms with Crippen LogP contribution >= 0.6 is 0 Å². The minimum absolute atomic E-state index is 0.280. The lowest BCUT2D eigenvalue weighted by Crippen LogP contribution is -2.26. The molecular formula is C14H21NO3. The Hall–Kier alpha value is -1.26. The Bertz CT molecular complexity index is 353. The van der Waals surface area contributed by atoms with E-state index in [1.165, 1.54) is 0 Å². The summed E-state index contributed by atoms with van der Waals surface area (Å²) in [5, 5.41) is 3.48. The van der Waals surface area contributed by atoms with Crippen LogP contribution in [0.2, 0.25) is 0 Å². The Morgan fingerprint density at radius 2 is 2.06 bits per heavy atom. The van der Waals surface area contributed by atoms with Crippen LogP contribution in [0.4, 0.5) is 5.69 Å². The molecule has 2 atom stereocenters. The fourth-order valence-electron chi connectivity index (χ4n) is 2.03. The van der Waals surface area contributed by atoms with Crippen molar-refractivity contribution in [2.24, 2.45) is 0 Å². The van der Waals surface area contributed by atoms with Gasteiger partial charge in [0.15, 0.2) is 0 Å². The highest BCUT2D eigenvalue weighted by molar-refractivity contribution is 5.47. The van der Waals surface area contributed by atoms with Crippen molar-refractivity contribution in [3.05, 3.63) is 24.3 Å². The van der Waals surface area contributed by atoms with E-state index < -0.39 is 0 Å². The maximum absolute atomic E-state index is 5.53. The molecule has 4 nitrogen and oxygen atoms in total. The van der Waals surface area contributed by atoms with Gasteiger partial charge in [0.2, 0.25) is 0 Å². The van der Waals surface area contributed by atoms with Gasteiger partial charge in [-0.05, 0) is 37.6 Å². The molecule has 0 amide bonds. The first-order valence-corrected chi connectivity index (χ1v) is 6.39. The molecule has 2 rings (SSSR count). The summed E-state index contributed by atoms with van der Waals surface area (Å²) >= 11 is 0. The number of ether oxygens (including phenoxy) is 3. The Labute approximate surface area is 108 Å². The van der Waals surface area contributed by atoms with E-state index in [4.69, 9.17) is 14.2 Å². The highest BCUT2D eigenvalue weighted by Gasteiger charge is 2.23. The normalized spacial score (nSPS) is 23.0. The van der Waals surface area contributed by atoms with Gasteiger partial charge < -0.3 is 19.5 Å². The molecule has 1 saturated heterocycles. The molecule has 1 fully saturated rings. The summed E-state index contributed by atoms with van der Waals surface area (Å²) in [6.07, 6.45) is 1.34. The third-order valence-electron chi connectivity index (χ3n) is 3.14. The molecule has 1 aliphatic heterocycles. The maximum Gasteiger partial charge on any atom is 0.119 e. The van der Waals surface area contributed by atoms with Crippen molar-refractivity contribution in [3.8, 4) is 5.75 Å². The predicted octanol–water partition coefficient (Wildman–Crippen LogP) is 2.30. The fourth-order valence-corrected chi connectivity index (χ4v) is 2.03. The number of rotatable bonds is 6. The van der Waals surface area contributed by atoms with Gasteiger partial charge in [-0.2, -0.15) is 0 Å². The Kier molecular flexibility index (Phi) is 4.84. The van der Waals surface area contributed by atoms with Crippen molar-refractivity contribution < 1.29 is 14.2 Å². The van der Waals surface area contributed by atoms with Crippen LogP contribution in [0.25, 0.3) is 0 Å². The van der Waals surface area contributed by atoms with Crippen molar-refractivity contribution in [1.82, 2.24) is 0 Å². The summed E-state index contributed by atoms with van der Waals surface area (Å²) in [5.74, 6) is 0.869. The van der Waals surface area contributed by atoms with Crippen molar-refractivity contribution in [3.63, 3.8) is 0 Å². The highest BCUT2D eigenvalue weighted by Crippen LogP contribution is 2.21. The second-order valence-electron chi connectivity index (χ2n) is 4.48.